The highest BCUT2D eigenvalue weighted by molar-refractivity contribution is 6.13. The summed E-state index contributed by atoms with van der Waals surface area (Å²) in [5.74, 6) is -2.52. The second kappa shape index (κ2) is 6.02. The molecule has 1 atom stereocenters. The van der Waals surface area contributed by atoms with Gasteiger partial charge in [0.25, 0.3) is 0 Å². The van der Waals surface area contributed by atoms with E-state index in [0.29, 0.717) is 11.1 Å². The molecule has 2 aromatic rings. The Labute approximate surface area is 128 Å². The normalized spacial score (nSPS) is 12.2. The van der Waals surface area contributed by atoms with Crippen molar-refractivity contribution < 1.29 is 14.0 Å². The maximum Gasteiger partial charge on any atom is 0.245 e. The van der Waals surface area contributed by atoms with E-state index in [-0.39, 0.29) is 11.8 Å². The van der Waals surface area contributed by atoms with E-state index in [0.717, 1.165) is 10.9 Å². The molecule has 0 aliphatic heterocycles. The number of furan rings is 1. The SMILES string of the molecule is Cc1c(C(=O)[C@@H](C#N)C(=O)NC(C)C)oc2c(C)cccc12. The van der Waals surface area contributed by atoms with Gasteiger partial charge in [0.05, 0.1) is 6.07 Å². The molecule has 22 heavy (non-hydrogen) atoms. The van der Waals surface area contributed by atoms with E-state index < -0.39 is 17.6 Å². The van der Waals surface area contributed by atoms with Gasteiger partial charge in [0.2, 0.25) is 11.7 Å². The Morgan fingerprint density at radius 2 is 1.95 bits per heavy atom. The number of hydrogen-bond acceptors (Lipinski definition) is 4. The third-order valence-corrected chi connectivity index (χ3v) is 3.47. The van der Waals surface area contributed by atoms with Gasteiger partial charge in [0.15, 0.2) is 11.7 Å². The van der Waals surface area contributed by atoms with Gasteiger partial charge >= 0.3 is 0 Å². The third kappa shape index (κ3) is 2.73. The number of Topliss-reactive ketones (excluding diaryl/α,β-unsaturated/α-hetero) is 1. The quantitative estimate of drug-likeness (QED) is 0.695. The van der Waals surface area contributed by atoms with Crippen molar-refractivity contribution in [3.8, 4) is 6.07 Å². The maximum absolute atomic E-state index is 12.5. The molecule has 1 aromatic heterocycles. The molecule has 0 bridgehead atoms. The lowest BCUT2D eigenvalue weighted by Crippen LogP contribution is -2.38. The van der Waals surface area contributed by atoms with Crippen LogP contribution in [0.15, 0.2) is 22.6 Å². The first kappa shape index (κ1) is 15.8. The minimum Gasteiger partial charge on any atom is -0.452 e. The van der Waals surface area contributed by atoms with E-state index in [1.807, 2.05) is 25.1 Å². The second-order valence-electron chi connectivity index (χ2n) is 5.60. The van der Waals surface area contributed by atoms with E-state index >= 15 is 0 Å². The third-order valence-electron chi connectivity index (χ3n) is 3.47. The Hall–Kier alpha value is -2.61. The lowest BCUT2D eigenvalue weighted by atomic mass is 9.99. The zero-order chi connectivity index (χ0) is 16.4. The van der Waals surface area contributed by atoms with Crippen LogP contribution in [-0.2, 0) is 4.79 Å². The molecule has 1 amide bonds. The Kier molecular flexibility index (Phi) is 4.32. The Morgan fingerprint density at radius 3 is 2.50 bits per heavy atom. The van der Waals surface area contributed by atoms with Crippen LogP contribution in [0.5, 0.6) is 0 Å². The summed E-state index contributed by atoms with van der Waals surface area (Å²) in [6.45, 7) is 7.18. The number of fused-ring (bicyclic) bond motifs is 1. The molecule has 0 saturated heterocycles. The number of nitrogens with zero attached hydrogens (tertiary/aromatic N) is 1. The molecule has 1 heterocycles. The fourth-order valence-corrected chi connectivity index (χ4v) is 2.35. The van der Waals surface area contributed by atoms with Crippen molar-refractivity contribution in [2.75, 3.05) is 0 Å². The first-order valence-electron chi connectivity index (χ1n) is 7.09. The van der Waals surface area contributed by atoms with Gasteiger partial charge in [0, 0.05) is 17.0 Å². The summed E-state index contributed by atoms with van der Waals surface area (Å²) in [5, 5.41) is 12.6. The monoisotopic (exact) mass is 298 g/mol. The van der Waals surface area contributed by atoms with Crippen molar-refractivity contribution >= 4 is 22.7 Å². The molecule has 0 aliphatic rings. The second-order valence-corrected chi connectivity index (χ2v) is 5.60. The van der Waals surface area contributed by atoms with Crippen LogP contribution >= 0.6 is 0 Å². The number of benzene rings is 1. The van der Waals surface area contributed by atoms with E-state index in [2.05, 4.69) is 5.32 Å². The van der Waals surface area contributed by atoms with E-state index in [1.165, 1.54) is 0 Å². The average Bonchev–Trinajstić information content (AvgIpc) is 2.78. The molecule has 0 spiro atoms. The Morgan fingerprint density at radius 1 is 1.27 bits per heavy atom. The van der Waals surface area contributed by atoms with Crippen LogP contribution in [0.1, 0.15) is 35.5 Å². The molecule has 1 aromatic carbocycles. The fourth-order valence-electron chi connectivity index (χ4n) is 2.35. The molecule has 5 nitrogen and oxygen atoms in total. The average molecular weight is 298 g/mol. The minimum absolute atomic E-state index is 0.0785. The van der Waals surface area contributed by atoms with Crippen LogP contribution in [0.2, 0.25) is 0 Å². The van der Waals surface area contributed by atoms with Crippen LogP contribution in [0, 0.1) is 31.1 Å². The first-order chi connectivity index (χ1) is 10.4. The van der Waals surface area contributed by atoms with Gasteiger partial charge in [-0.15, -0.1) is 0 Å². The number of aryl methyl sites for hydroxylation is 2. The van der Waals surface area contributed by atoms with Gasteiger partial charge in [-0.25, -0.2) is 0 Å². The summed E-state index contributed by atoms with van der Waals surface area (Å²) in [6.07, 6.45) is 0. The molecule has 0 unspecified atom stereocenters. The number of nitriles is 1. The molecular formula is C17H18N2O3. The predicted molar refractivity (Wildman–Crippen MR) is 82.4 cm³/mol. The summed E-state index contributed by atoms with van der Waals surface area (Å²) in [5.41, 5.74) is 2.17. The summed E-state index contributed by atoms with van der Waals surface area (Å²) in [4.78, 5) is 24.5. The molecule has 5 heteroatoms. The van der Waals surface area contributed by atoms with E-state index in [4.69, 9.17) is 4.42 Å². The number of hydrogen-bond donors (Lipinski definition) is 1. The number of carbonyl (C=O) groups excluding carboxylic acids is 2. The van der Waals surface area contributed by atoms with Crippen molar-refractivity contribution in [3.05, 3.63) is 35.1 Å². The van der Waals surface area contributed by atoms with Crippen LogP contribution in [0.4, 0.5) is 0 Å². The highest BCUT2D eigenvalue weighted by Crippen LogP contribution is 2.29. The number of para-hydroxylation sites is 1. The molecule has 0 aliphatic carbocycles. The van der Waals surface area contributed by atoms with Crippen LogP contribution in [0.25, 0.3) is 11.0 Å². The van der Waals surface area contributed by atoms with Crippen molar-refractivity contribution in [1.82, 2.24) is 5.32 Å². The van der Waals surface area contributed by atoms with Crippen LogP contribution < -0.4 is 5.32 Å². The van der Waals surface area contributed by atoms with Gasteiger partial charge in [0.1, 0.15) is 5.58 Å². The largest absolute Gasteiger partial charge is 0.452 e. The number of amides is 1. The topological polar surface area (TPSA) is 83.1 Å². The fraction of sp³-hybridized carbons (Fsp3) is 0.353. The number of carbonyl (C=O) groups is 2. The number of rotatable bonds is 4. The number of nitrogens with one attached hydrogen (secondary N) is 1. The highest BCUT2D eigenvalue weighted by Gasteiger charge is 2.32. The van der Waals surface area contributed by atoms with Crippen LogP contribution in [0.3, 0.4) is 0 Å². The Balaban J connectivity index is 2.45. The zero-order valence-corrected chi connectivity index (χ0v) is 13.1. The van der Waals surface area contributed by atoms with Crippen LogP contribution in [-0.4, -0.2) is 17.7 Å². The maximum atomic E-state index is 12.5. The summed E-state index contributed by atoms with van der Waals surface area (Å²) < 4.78 is 5.65. The molecular weight excluding hydrogens is 280 g/mol. The standard InChI is InChI=1S/C17H18N2O3/c1-9(2)19-17(21)13(8-18)14(20)16-11(4)12-7-5-6-10(3)15(12)22-16/h5-7,9,13H,1-4H3,(H,19,21)/t13-/m1/s1. The number of ketones is 1. The minimum atomic E-state index is -1.40. The van der Waals surface area contributed by atoms with Crippen molar-refractivity contribution in [2.24, 2.45) is 5.92 Å². The highest BCUT2D eigenvalue weighted by atomic mass is 16.3. The zero-order valence-electron chi connectivity index (χ0n) is 13.1. The molecule has 0 fully saturated rings. The van der Waals surface area contributed by atoms with Crippen molar-refractivity contribution in [1.29, 1.82) is 5.26 Å². The van der Waals surface area contributed by atoms with Gasteiger partial charge in [-0.1, -0.05) is 18.2 Å². The first-order valence-corrected chi connectivity index (χ1v) is 7.09. The summed E-state index contributed by atoms with van der Waals surface area (Å²) >= 11 is 0. The predicted octanol–water partition coefficient (Wildman–Crippen LogP) is 2.90. The van der Waals surface area contributed by atoms with Crippen molar-refractivity contribution in [3.63, 3.8) is 0 Å². The Bertz CT molecular complexity index is 781. The van der Waals surface area contributed by atoms with E-state index in [1.54, 1.807) is 26.8 Å². The lowest BCUT2D eigenvalue weighted by Gasteiger charge is -2.11. The molecule has 2 rings (SSSR count). The van der Waals surface area contributed by atoms with E-state index in [9.17, 15) is 14.9 Å². The lowest BCUT2D eigenvalue weighted by molar-refractivity contribution is -0.122. The molecule has 0 radical (unpaired) electrons. The molecule has 0 saturated carbocycles. The van der Waals surface area contributed by atoms with Gasteiger partial charge in [-0.05, 0) is 33.3 Å². The molecule has 1 N–H and O–H groups in total. The van der Waals surface area contributed by atoms with Crippen molar-refractivity contribution in [2.45, 2.75) is 33.7 Å². The smallest absolute Gasteiger partial charge is 0.245 e. The molecule has 114 valence electrons. The van der Waals surface area contributed by atoms with Gasteiger partial charge in [-0.2, -0.15) is 5.26 Å². The summed E-state index contributed by atoms with van der Waals surface area (Å²) in [6, 6.07) is 7.24. The van der Waals surface area contributed by atoms with Gasteiger partial charge < -0.3 is 9.73 Å². The summed E-state index contributed by atoms with van der Waals surface area (Å²) in [7, 11) is 0. The van der Waals surface area contributed by atoms with Gasteiger partial charge in [-0.3, -0.25) is 9.59 Å².